The van der Waals surface area contributed by atoms with Crippen LogP contribution in [0.3, 0.4) is 0 Å². The average Bonchev–Trinajstić information content (AvgIpc) is 2.96. The molecule has 25 heavy (non-hydrogen) atoms. The number of benzene rings is 1. The summed E-state index contributed by atoms with van der Waals surface area (Å²) < 4.78 is 39.7. The number of nitrogens with zero attached hydrogens (tertiary/aromatic N) is 2. The minimum Gasteiger partial charge on any atom is -0.338 e. The van der Waals surface area contributed by atoms with Crippen molar-refractivity contribution in [3.8, 4) is 0 Å². The number of hydrogen-bond donors (Lipinski definition) is 0. The van der Waals surface area contributed by atoms with Gasteiger partial charge in [-0.3, -0.25) is 0 Å². The van der Waals surface area contributed by atoms with E-state index in [0.717, 1.165) is 50.6 Å². The molecule has 3 rings (SSSR count). The third kappa shape index (κ3) is 4.02. The fraction of sp³-hybridized carbons (Fsp3) is 0.600. The van der Waals surface area contributed by atoms with Crippen molar-refractivity contribution >= 4 is 10.9 Å². The van der Waals surface area contributed by atoms with Gasteiger partial charge in [-0.2, -0.15) is 13.2 Å². The summed E-state index contributed by atoms with van der Waals surface area (Å²) >= 11 is 0. The maximum absolute atomic E-state index is 12.8. The van der Waals surface area contributed by atoms with Gasteiger partial charge in [0.25, 0.3) is 0 Å². The fourth-order valence-corrected chi connectivity index (χ4v) is 4.21. The third-order valence-corrected chi connectivity index (χ3v) is 5.24. The molecule has 0 radical (unpaired) electrons. The summed E-state index contributed by atoms with van der Waals surface area (Å²) in [5.74, 6) is 0. The number of fused-ring (bicyclic) bond motifs is 3. The Hall–Kier alpha value is -1.49. The maximum Gasteiger partial charge on any atom is 0.406 e. The van der Waals surface area contributed by atoms with Crippen LogP contribution in [-0.4, -0.2) is 34.8 Å². The van der Waals surface area contributed by atoms with Gasteiger partial charge in [-0.25, -0.2) is 0 Å². The van der Waals surface area contributed by atoms with Gasteiger partial charge in [-0.15, -0.1) is 0 Å². The second-order valence-corrected chi connectivity index (χ2v) is 7.13. The zero-order chi connectivity index (χ0) is 18.0. The average molecular weight is 352 g/mol. The molecule has 1 aliphatic rings. The Morgan fingerprint density at radius 2 is 1.84 bits per heavy atom. The number of alkyl halides is 3. The summed E-state index contributed by atoms with van der Waals surface area (Å²) in [4.78, 5) is 2.56. The van der Waals surface area contributed by atoms with Gasteiger partial charge in [0.2, 0.25) is 0 Å². The predicted molar refractivity (Wildman–Crippen MR) is 96.0 cm³/mol. The van der Waals surface area contributed by atoms with Crippen molar-refractivity contribution in [2.24, 2.45) is 0 Å². The van der Waals surface area contributed by atoms with Crippen LogP contribution in [-0.2, 0) is 19.4 Å². The quantitative estimate of drug-likeness (QED) is 0.695. The van der Waals surface area contributed by atoms with Crippen LogP contribution >= 0.6 is 0 Å². The lowest BCUT2D eigenvalue weighted by atomic mass is 9.85. The first-order valence-electron chi connectivity index (χ1n) is 9.33. The van der Waals surface area contributed by atoms with E-state index in [1.807, 2.05) is 18.2 Å². The molecule has 5 heteroatoms. The molecule has 2 aromatic rings. The Kier molecular flexibility index (Phi) is 5.42. The second-order valence-electron chi connectivity index (χ2n) is 7.13. The zero-order valence-corrected chi connectivity index (χ0v) is 15.1. The van der Waals surface area contributed by atoms with Gasteiger partial charge in [-0.1, -0.05) is 19.9 Å². The molecule has 0 N–H and O–H groups in total. The molecule has 0 saturated heterocycles. The zero-order valence-electron chi connectivity index (χ0n) is 15.1. The van der Waals surface area contributed by atoms with Crippen molar-refractivity contribution in [1.82, 2.24) is 9.47 Å². The molecule has 1 aromatic carbocycles. The highest BCUT2D eigenvalue weighted by molar-refractivity contribution is 5.85. The Labute approximate surface area is 147 Å². The summed E-state index contributed by atoms with van der Waals surface area (Å²) in [5, 5.41) is 0.999. The standard InChI is InChI=1S/C20H27F3N2/c1-3-10-24(11-4-2)16-7-5-15-6-8-19-17(18(15)13-16)9-12-25(19)14-20(21,22)23/h6,8-9,12,16H,3-5,7,10-11,13-14H2,1-2H3. The van der Waals surface area contributed by atoms with E-state index in [1.54, 1.807) is 6.20 Å². The molecule has 138 valence electrons. The molecule has 0 fully saturated rings. The first-order chi connectivity index (χ1) is 11.9. The van der Waals surface area contributed by atoms with Gasteiger partial charge in [0.1, 0.15) is 6.54 Å². The molecule has 0 spiro atoms. The highest BCUT2D eigenvalue weighted by Crippen LogP contribution is 2.33. The highest BCUT2D eigenvalue weighted by Gasteiger charge is 2.29. The van der Waals surface area contributed by atoms with Gasteiger partial charge in [0.15, 0.2) is 0 Å². The normalized spacial score (nSPS) is 18.1. The summed E-state index contributed by atoms with van der Waals surface area (Å²) in [6.07, 6.45) is 2.77. The van der Waals surface area contributed by atoms with Crippen LogP contribution in [0.2, 0.25) is 0 Å². The third-order valence-electron chi connectivity index (χ3n) is 5.24. The molecule has 1 aliphatic carbocycles. The van der Waals surface area contributed by atoms with Crippen LogP contribution in [0.4, 0.5) is 13.2 Å². The van der Waals surface area contributed by atoms with Gasteiger partial charge in [-0.05, 0) is 68.5 Å². The molecule has 0 amide bonds. The van der Waals surface area contributed by atoms with Crippen LogP contribution in [0.1, 0.15) is 44.2 Å². The fourth-order valence-electron chi connectivity index (χ4n) is 4.21. The molecule has 1 unspecified atom stereocenters. The van der Waals surface area contributed by atoms with E-state index in [4.69, 9.17) is 0 Å². The van der Waals surface area contributed by atoms with Crippen LogP contribution in [0.15, 0.2) is 24.4 Å². The summed E-state index contributed by atoms with van der Waals surface area (Å²) in [6.45, 7) is 5.68. The van der Waals surface area contributed by atoms with Crippen molar-refractivity contribution in [3.05, 3.63) is 35.5 Å². The first-order valence-corrected chi connectivity index (χ1v) is 9.33. The Morgan fingerprint density at radius 1 is 1.12 bits per heavy atom. The maximum atomic E-state index is 12.8. The number of rotatable bonds is 6. The van der Waals surface area contributed by atoms with Crippen molar-refractivity contribution in [3.63, 3.8) is 0 Å². The summed E-state index contributed by atoms with van der Waals surface area (Å²) in [5.41, 5.74) is 3.27. The van der Waals surface area contributed by atoms with E-state index >= 15 is 0 Å². The molecule has 1 heterocycles. The lowest BCUT2D eigenvalue weighted by Gasteiger charge is -2.35. The largest absolute Gasteiger partial charge is 0.406 e. The lowest BCUT2D eigenvalue weighted by molar-refractivity contribution is -0.139. The lowest BCUT2D eigenvalue weighted by Crippen LogP contribution is -2.40. The first kappa shape index (κ1) is 18.3. The van der Waals surface area contributed by atoms with Gasteiger partial charge in [0.05, 0.1) is 0 Å². The topological polar surface area (TPSA) is 8.17 Å². The molecule has 0 aliphatic heterocycles. The monoisotopic (exact) mass is 352 g/mol. The van der Waals surface area contributed by atoms with Crippen LogP contribution in [0.25, 0.3) is 10.9 Å². The van der Waals surface area contributed by atoms with E-state index in [0.29, 0.717) is 11.6 Å². The van der Waals surface area contributed by atoms with E-state index in [1.165, 1.54) is 15.7 Å². The molecule has 1 aromatic heterocycles. The number of aromatic nitrogens is 1. The highest BCUT2D eigenvalue weighted by atomic mass is 19.4. The molecular weight excluding hydrogens is 325 g/mol. The minimum atomic E-state index is -4.19. The van der Waals surface area contributed by atoms with Crippen molar-refractivity contribution in [2.45, 2.75) is 64.7 Å². The Morgan fingerprint density at radius 3 is 2.48 bits per heavy atom. The van der Waals surface area contributed by atoms with Crippen molar-refractivity contribution < 1.29 is 13.2 Å². The van der Waals surface area contributed by atoms with E-state index in [9.17, 15) is 13.2 Å². The Balaban J connectivity index is 1.91. The van der Waals surface area contributed by atoms with Crippen molar-refractivity contribution in [1.29, 1.82) is 0 Å². The molecule has 2 nitrogen and oxygen atoms in total. The van der Waals surface area contributed by atoms with Crippen LogP contribution in [0, 0.1) is 0 Å². The van der Waals surface area contributed by atoms with Crippen LogP contribution in [0.5, 0.6) is 0 Å². The van der Waals surface area contributed by atoms with Gasteiger partial charge >= 0.3 is 6.18 Å². The molecule has 1 atom stereocenters. The van der Waals surface area contributed by atoms with Gasteiger partial charge < -0.3 is 9.47 Å². The second kappa shape index (κ2) is 7.40. The SMILES string of the molecule is CCCN(CCC)C1CCc2ccc3c(ccn3CC(F)(F)F)c2C1. The van der Waals surface area contributed by atoms with Crippen molar-refractivity contribution in [2.75, 3.05) is 13.1 Å². The van der Waals surface area contributed by atoms with Crippen LogP contribution < -0.4 is 0 Å². The molecule has 0 saturated carbocycles. The smallest absolute Gasteiger partial charge is 0.338 e. The number of aryl methyl sites for hydroxylation is 1. The Bertz CT molecular complexity index is 712. The summed E-state index contributed by atoms with van der Waals surface area (Å²) in [6, 6.07) is 6.26. The minimum absolute atomic E-state index is 0.504. The number of hydrogen-bond acceptors (Lipinski definition) is 1. The van der Waals surface area contributed by atoms with E-state index < -0.39 is 12.7 Å². The summed E-state index contributed by atoms with van der Waals surface area (Å²) in [7, 11) is 0. The number of halogens is 3. The molecule has 0 bridgehead atoms. The van der Waals surface area contributed by atoms with Gasteiger partial charge in [0, 0.05) is 23.1 Å². The van der Waals surface area contributed by atoms with E-state index in [2.05, 4.69) is 18.7 Å². The predicted octanol–water partition coefficient (Wildman–Crippen LogP) is 5.18. The van der Waals surface area contributed by atoms with E-state index in [-0.39, 0.29) is 0 Å². The molecular formula is C20H27F3N2.